The highest BCUT2D eigenvalue weighted by Crippen LogP contribution is 2.27. The Hall–Kier alpha value is -1.09. The molecular weight excluding hydrogens is 200 g/mol. The SMILES string of the molecule is CCN(CC)c1ccccc1N=O.Cl. The van der Waals surface area contributed by atoms with Crippen LogP contribution in [0.15, 0.2) is 29.4 Å². The van der Waals surface area contributed by atoms with E-state index >= 15 is 0 Å². The van der Waals surface area contributed by atoms with Crippen molar-refractivity contribution in [2.24, 2.45) is 5.18 Å². The molecule has 1 aromatic carbocycles. The Balaban J connectivity index is 0.00000169. The predicted octanol–water partition coefficient (Wildman–Crippen LogP) is 3.35. The molecule has 0 aliphatic heterocycles. The molecule has 0 unspecified atom stereocenters. The molecule has 0 saturated carbocycles. The summed E-state index contributed by atoms with van der Waals surface area (Å²) < 4.78 is 0. The van der Waals surface area contributed by atoms with Crippen LogP contribution in [0.3, 0.4) is 0 Å². The summed E-state index contributed by atoms with van der Waals surface area (Å²) in [6, 6.07) is 7.40. The minimum absolute atomic E-state index is 0. The van der Waals surface area contributed by atoms with Crippen LogP contribution in [0, 0.1) is 4.91 Å². The monoisotopic (exact) mass is 214 g/mol. The fourth-order valence-corrected chi connectivity index (χ4v) is 1.37. The minimum atomic E-state index is 0. The molecule has 4 heteroatoms. The Kier molecular flexibility index (Phi) is 5.88. The lowest BCUT2D eigenvalue weighted by molar-refractivity contribution is 0.866. The molecule has 0 aliphatic carbocycles. The van der Waals surface area contributed by atoms with Crippen LogP contribution in [-0.2, 0) is 0 Å². The molecule has 0 spiro atoms. The van der Waals surface area contributed by atoms with Gasteiger partial charge >= 0.3 is 0 Å². The summed E-state index contributed by atoms with van der Waals surface area (Å²) in [5.74, 6) is 0. The van der Waals surface area contributed by atoms with Crippen molar-refractivity contribution in [1.82, 2.24) is 0 Å². The molecule has 0 saturated heterocycles. The van der Waals surface area contributed by atoms with Crippen molar-refractivity contribution in [2.45, 2.75) is 13.8 Å². The van der Waals surface area contributed by atoms with Gasteiger partial charge in [-0.3, -0.25) is 0 Å². The van der Waals surface area contributed by atoms with Crippen molar-refractivity contribution in [1.29, 1.82) is 0 Å². The molecule has 0 fully saturated rings. The fraction of sp³-hybridized carbons (Fsp3) is 0.400. The number of benzene rings is 1. The van der Waals surface area contributed by atoms with E-state index in [1.807, 2.05) is 18.2 Å². The summed E-state index contributed by atoms with van der Waals surface area (Å²) in [4.78, 5) is 12.6. The lowest BCUT2D eigenvalue weighted by Crippen LogP contribution is -2.21. The molecule has 1 aromatic rings. The van der Waals surface area contributed by atoms with Crippen LogP contribution in [0.2, 0.25) is 0 Å². The van der Waals surface area contributed by atoms with Gasteiger partial charge in [-0.15, -0.1) is 17.3 Å². The highest BCUT2D eigenvalue weighted by Gasteiger charge is 2.06. The van der Waals surface area contributed by atoms with Gasteiger partial charge in [0, 0.05) is 13.1 Å². The number of halogens is 1. The zero-order chi connectivity index (χ0) is 9.68. The van der Waals surface area contributed by atoms with Crippen molar-refractivity contribution >= 4 is 23.8 Å². The molecule has 1 rings (SSSR count). The lowest BCUT2D eigenvalue weighted by atomic mass is 10.2. The summed E-state index contributed by atoms with van der Waals surface area (Å²) in [6.45, 7) is 5.90. The first-order chi connectivity index (χ1) is 6.33. The molecule has 14 heavy (non-hydrogen) atoms. The van der Waals surface area contributed by atoms with Crippen molar-refractivity contribution < 1.29 is 0 Å². The van der Waals surface area contributed by atoms with E-state index in [0.717, 1.165) is 18.8 Å². The topological polar surface area (TPSA) is 32.7 Å². The quantitative estimate of drug-likeness (QED) is 0.720. The smallest absolute Gasteiger partial charge is 0.131 e. The first-order valence-electron chi connectivity index (χ1n) is 4.50. The molecule has 0 atom stereocenters. The van der Waals surface area contributed by atoms with E-state index in [0.29, 0.717) is 5.69 Å². The van der Waals surface area contributed by atoms with Gasteiger partial charge in [-0.1, -0.05) is 12.1 Å². The summed E-state index contributed by atoms with van der Waals surface area (Å²) in [7, 11) is 0. The highest BCUT2D eigenvalue weighted by molar-refractivity contribution is 5.85. The number of anilines is 1. The first kappa shape index (κ1) is 12.9. The Labute approximate surface area is 90.5 Å². The lowest BCUT2D eigenvalue weighted by Gasteiger charge is -2.21. The van der Waals surface area contributed by atoms with Gasteiger partial charge < -0.3 is 4.90 Å². The van der Waals surface area contributed by atoms with Gasteiger partial charge in [-0.25, -0.2) is 0 Å². The normalized spacial score (nSPS) is 9.00. The van der Waals surface area contributed by atoms with Crippen molar-refractivity contribution in [3.05, 3.63) is 29.2 Å². The zero-order valence-electron chi connectivity index (χ0n) is 8.43. The van der Waals surface area contributed by atoms with E-state index in [9.17, 15) is 4.91 Å². The number of para-hydroxylation sites is 1. The zero-order valence-corrected chi connectivity index (χ0v) is 9.25. The molecule has 0 aromatic heterocycles. The number of hydrogen-bond donors (Lipinski definition) is 0. The minimum Gasteiger partial charge on any atom is -0.370 e. The van der Waals surface area contributed by atoms with Gasteiger partial charge in [0.15, 0.2) is 0 Å². The maximum atomic E-state index is 10.5. The number of nitrogens with zero attached hydrogens (tertiary/aromatic N) is 2. The Morgan fingerprint density at radius 3 is 2.29 bits per heavy atom. The van der Waals surface area contributed by atoms with Gasteiger partial charge in [0.2, 0.25) is 0 Å². The second-order valence-corrected chi connectivity index (χ2v) is 2.75. The summed E-state index contributed by atoms with van der Waals surface area (Å²) in [5, 5.41) is 3.00. The molecule has 0 radical (unpaired) electrons. The first-order valence-corrected chi connectivity index (χ1v) is 4.50. The maximum absolute atomic E-state index is 10.5. The van der Waals surface area contributed by atoms with Crippen molar-refractivity contribution in [3.63, 3.8) is 0 Å². The van der Waals surface area contributed by atoms with Crippen LogP contribution in [0.4, 0.5) is 11.4 Å². The summed E-state index contributed by atoms with van der Waals surface area (Å²) >= 11 is 0. The second-order valence-electron chi connectivity index (χ2n) is 2.75. The van der Waals surface area contributed by atoms with Crippen LogP contribution in [0.25, 0.3) is 0 Å². The van der Waals surface area contributed by atoms with Gasteiger partial charge in [0.05, 0.1) is 5.69 Å². The van der Waals surface area contributed by atoms with Gasteiger partial charge in [0.1, 0.15) is 5.69 Å². The van der Waals surface area contributed by atoms with Crippen molar-refractivity contribution in [2.75, 3.05) is 18.0 Å². The van der Waals surface area contributed by atoms with Gasteiger partial charge in [-0.05, 0) is 31.2 Å². The van der Waals surface area contributed by atoms with Crippen molar-refractivity contribution in [3.8, 4) is 0 Å². The molecule has 78 valence electrons. The fourth-order valence-electron chi connectivity index (χ4n) is 1.37. The Bertz CT molecular complexity index is 287. The number of nitroso groups, excluding NO2 is 1. The van der Waals surface area contributed by atoms with E-state index in [1.54, 1.807) is 6.07 Å². The van der Waals surface area contributed by atoms with E-state index in [-0.39, 0.29) is 12.4 Å². The van der Waals surface area contributed by atoms with E-state index < -0.39 is 0 Å². The third kappa shape index (κ3) is 2.70. The highest BCUT2D eigenvalue weighted by atomic mass is 35.5. The Morgan fingerprint density at radius 2 is 1.79 bits per heavy atom. The third-order valence-corrected chi connectivity index (χ3v) is 2.08. The molecule has 0 N–H and O–H groups in total. The third-order valence-electron chi connectivity index (χ3n) is 2.08. The van der Waals surface area contributed by atoms with E-state index in [2.05, 4.69) is 23.9 Å². The summed E-state index contributed by atoms with van der Waals surface area (Å²) in [5.41, 5.74) is 1.44. The van der Waals surface area contributed by atoms with Crippen LogP contribution in [-0.4, -0.2) is 13.1 Å². The predicted molar refractivity (Wildman–Crippen MR) is 62.7 cm³/mol. The van der Waals surface area contributed by atoms with Gasteiger partial charge in [-0.2, -0.15) is 0 Å². The van der Waals surface area contributed by atoms with Gasteiger partial charge in [0.25, 0.3) is 0 Å². The van der Waals surface area contributed by atoms with Crippen LogP contribution in [0.1, 0.15) is 13.8 Å². The van der Waals surface area contributed by atoms with Crippen LogP contribution >= 0.6 is 12.4 Å². The Morgan fingerprint density at radius 1 is 1.21 bits per heavy atom. The van der Waals surface area contributed by atoms with Crippen LogP contribution < -0.4 is 4.90 Å². The molecule has 0 amide bonds. The second kappa shape index (κ2) is 6.38. The summed E-state index contributed by atoms with van der Waals surface area (Å²) in [6.07, 6.45) is 0. The van der Waals surface area contributed by atoms with Crippen LogP contribution in [0.5, 0.6) is 0 Å². The standard InChI is InChI=1S/C10H14N2O.ClH/c1-3-12(4-2)10-8-6-5-7-9(10)11-13;/h5-8H,3-4H2,1-2H3;1H. The average molecular weight is 215 g/mol. The van der Waals surface area contributed by atoms with E-state index in [1.165, 1.54) is 0 Å². The number of hydrogen-bond acceptors (Lipinski definition) is 3. The molecular formula is C10H15ClN2O. The number of rotatable bonds is 4. The maximum Gasteiger partial charge on any atom is 0.131 e. The molecule has 0 bridgehead atoms. The van der Waals surface area contributed by atoms with E-state index in [4.69, 9.17) is 0 Å². The largest absolute Gasteiger partial charge is 0.370 e. The average Bonchev–Trinajstić information content (AvgIpc) is 2.20. The molecule has 3 nitrogen and oxygen atoms in total. The molecule has 0 heterocycles. The molecule has 0 aliphatic rings.